The first-order valence-corrected chi connectivity index (χ1v) is 10.5. The van der Waals surface area contributed by atoms with E-state index in [1.165, 1.54) is 7.11 Å². The molecule has 0 aliphatic rings. The van der Waals surface area contributed by atoms with E-state index in [-0.39, 0.29) is 12.0 Å². The van der Waals surface area contributed by atoms with Crippen molar-refractivity contribution >= 4 is 23.8 Å². The third kappa shape index (κ3) is 10.2. The summed E-state index contributed by atoms with van der Waals surface area (Å²) in [5, 5.41) is 6.15. The van der Waals surface area contributed by atoms with Crippen LogP contribution in [0, 0.1) is 0 Å². The van der Waals surface area contributed by atoms with Crippen molar-refractivity contribution in [1.29, 1.82) is 0 Å². The number of alkyl carbamates (subject to hydrolysis) is 1. The summed E-state index contributed by atoms with van der Waals surface area (Å²) >= 11 is 1.67. The molecule has 1 aromatic carbocycles. The van der Waals surface area contributed by atoms with Crippen LogP contribution in [0.5, 0.6) is 0 Å². The Bertz CT molecular complexity index is 575. The average molecular weight is 397 g/mol. The van der Waals surface area contributed by atoms with Gasteiger partial charge in [-0.1, -0.05) is 30.3 Å². The molecule has 2 N–H and O–H groups in total. The molecule has 0 unspecified atom stereocenters. The van der Waals surface area contributed by atoms with Crippen LogP contribution in [0.15, 0.2) is 30.3 Å². The third-order valence-corrected chi connectivity index (χ3v) is 4.40. The molecule has 0 fully saturated rings. The molecule has 0 saturated carbocycles. The second-order valence-electron chi connectivity index (χ2n) is 7.30. The van der Waals surface area contributed by atoms with E-state index in [2.05, 4.69) is 10.6 Å². The SMILES string of the molecule is COC(=O)[C@H](CCSC)NC[C@H](Cc1ccccc1)NC(=O)OC(C)(C)C. The molecule has 6 nitrogen and oxygen atoms in total. The highest BCUT2D eigenvalue weighted by atomic mass is 32.2. The summed E-state index contributed by atoms with van der Waals surface area (Å²) in [5.41, 5.74) is 0.529. The molecule has 0 spiro atoms. The number of nitrogens with one attached hydrogen (secondary N) is 2. The Morgan fingerprint density at radius 1 is 1.19 bits per heavy atom. The molecule has 27 heavy (non-hydrogen) atoms. The zero-order valence-corrected chi connectivity index (χ0v) is 17.7. The van der Waals surface area contributed by atoms with Crippen LogP contribution in [0.4, 0.5) is 4.79 Å². The highest BCUT2D eigenvalue weighted by molar-refractivity contribution is 7.98. The van der Waals surface area contributed by atoms with E-state index in [9.17, 15) is 9.59 Å². The molecule has 0 aliphatic carbocycles. The molecular formula is C20H32N2O4S. The van der Waals surface area contributed by atoms with E-state index in [1.807, 2.05) is 57.4 Å². The molecular weight excluding hydrogens is 364 g/mol. The van der Waals surface area contributed by atoms with Crippen LogP contribution in [0.3, 0.4) is 0 Å². The zero-order valence-electron chi connectivity index (χ0n) is 16.9. The van der Waals surface area contributed by atoms with Crippen molar-refractivity contribution in [3.8, 4) is 0 Å². The molecule has 0 aliphatic heterocycles. The van der Waals surface area contributed by atoms with Crippen LogP contribution in [0.25, 0.3) is 0 Å². The van der Waals surface area contributed by atoms with Crippen LogP contribution in [-0.4, -0.2) is 55.4 Å². The van der Waals surface area contributed by atoms with Gasteiger partial charge in [0.05, 0.1) is 7.11 Å². The van der Waals surface area contributed by atoms with Crippen molar-refractivity contribution in [3.05, 3.63) is 35.9 Å². The van der Waals surface area contributed by atoms with Gasteiger partial charge in [0.25, 0.3) is 0 Å². The van der Waals surface area contributed by atoms with Gasteiger partial charge in [-0.25, -0.2) is 4.79 Å². The van der Waals surface area contributed by atoms with E-state index in [0.717, 1.165) is 11.3 Å². The van der Waals surface area contributed by atoms with E-state index in [4.69, 9.17) is 9.47 Å². The Labute approximate surface area is 166 Å². The number of thioether (sulfide) groups is 1. The molecule has 0 bridgehead atoms. The Kier molecular flexibility index (Phi) is 10.3. The summed E-state index contributed by atoms with van der Waals surface area (Å²) in [7, 11) is 1.39. The summed E-state index contributed by atoms with van der Waals surface area (Å²) in [4.78, 5) is 24.2. The second-order valence-corrected chi connectivity index (χ2v) is 8.28. The number of amides is 1. The van der Waals surface area contributed by atoms with E-state index >= 15 is 0 Å². The van der Waals surface area contributed by atoms with Crippen molar-refractivity contribution in [3.63, 3.8) is 0 Å². The predicted octanol–water partition coefficient (Wildman–Crippen LogP) is 3.01. The number of esters is 1. The minimum absolute atomic E-state index is 0.219. The van der Waals surface area contributed by atoms with Gasteiger partial charge in [-0.15, -0.1) is 0 Å². The van der Waals surface area contributed by atoms with Crippen molar-refractivity contribution in [2.24, 2.45) is 0 Å². The van der Waals surface area contributed by atoms with Crippen LogP contribution < -0.4 is 10.6 Å². The normalized spacial score (nSPS) is 13.5. The fourth-order valence-electron chi connectivity index (χ4n) is 2.51. The zero-order chi connectivity index (χ0) is 20.3. The minimum Gasteiger partial charge on any atom is -0.468 e. The minimum atomic E-state index is -0.568. The summed E-state index contributed by atoms with van der Waals surface area (Å²) in [6.07, 6.45) is 2.82. The molecule has 1 rings (SSSR count). The number of hydrogen-bond donors (Lipinski definition) is 2. The van der Waals surface area contributed by atoms with E-state index in [0.29, 0.717) is 19.4 Å². The first-order valence-electron chi connectivity index (χ1n) is 9.08. The van der Waals surface area contributed by atoms with Gasteiger partial charge in [-0.3, -0.25) is 4.79 Å². The van der Waals surface area contributed by atoms with Crippen molar-refractivity contribution < 1.29 is 19.1 Å². The Hall–Kier alpha value is -1.73. The van der Waals surface area contributed by atoms with Gasteiger partial charge in [0.2, 0.25) is 0 Å². The first kappa shape index (κ1) is 23.3. The molecule has 0 radical (unpaired) electrons. The number of hydrogen-bond acceptors (Lipinski definition) is 6. The van der Waals surface area contributed by atoms with Crippen LogP contribution >= 0.6 is 11.8 Å². The maximum absolute atomic E-state index is 12.2. The summed E-state index contributed by atoms with van der Waals surface area (Å²) in [5.74, 6) is 0.551. The number of carbonyl (C=O) groups is 2. The summed E-state index contributed by atoms with van der Waals surface area (Å²) in [6.45, 7) is 5.91. The van der Waals surface area contributed by atoms with Gasteiger partial charge in [0.15, 0.2) is 0 Å². The molecule has 1 amide bonds. The smallest absolute Gasteiger partial charge is 0.407 e. The lowest BCUT2D eigenvalue weighted by molar-refractivity contribution is -0.143. The number of benzene rings is 1. The van der Waals surface area contributed by atoms with Crippen molar-refractivity contribution in [1.82, 2.24) is 10.6 Å². The van der Waals surface area contributed by atoms with Crippen molar-refractivity contribution in [2.75, 3.05) is 25.7 Å². The lowest BCUT2D eigenvalue weighted by atomic mass is 10.1. The quantitative estimate of drug-likeness (QED) is 0.592. The Morgan fingerprint density at radius 2 is 1.85 bits per heavy atom. The number of methoxy groups -OCH3 is 1. The molecule has 0 heterocycles. The summed E-state index contributed by atoms with van der Waals surface area (Å²) in [6, 6.07) is 9.27. The lowest BCUT2D eigenvalue weighted by Gasteiger charge is -2.25. The third-order valence-electron chi connectivity index (χ3n) is 3.75. The molecule has 0 aromatic heterocycles. The predicted molar refractivity (Wildman–Crippen MR) is 110 cm³/mol. The fourth-order valence-corrected chi connectivity index (χ4v) is 2.98. The van der Waals surface area contributed by atoms with Gasteiger partial charge in [-0.05, 0) is 51.2 Å². The fraction of sp³-hybridized carbons (Fsp3) is 0.600. The highest BCUT2D eigenvalue weighted by Gasteiger charge is 2.23. The van der Waals surface area contributed by atoms with Gasteiger partial charge >= 0.3 is 12.1 Å². The molecule has 0 saturated heterocycles. The molecule has 152 valence electrons. The first-order chi connectivity index (χ1) is 12.7. The van der Waals surface area contributed by atoms with Gasteiger partial charge in [0.1, 0.15) is 11.6 Å². The van der Waals surface area contributed by atoms with Crippen molar-refractivity contribution in [2.45, 2.75) is 51.3 Å². The topological polar surface area (TPSA) is 76.7 Å². The largest absolute Gasteiger partial charge is 0.468 e. The maximum Gasteiger partial charge on any atom is 0.407 e. The lowest BCUT2D eigenvalue weighted by Crippen LogP contribution is -2.49. The number of ether oxygens (including phenoxy) is 2. The molecule has 1 aromatic rings. The van der Waals surface area contributed by atoms with Gasteiger partial charge in [0, 0.05) is 12.6 Å². The Balaban J connectivity index is 2.76. The highest BCUT2D eigenvalue weighted by Crippen LogP contribution is 2.09. The van der Waals surface area contributed by atoms with Crippen LogP contribution in [0.2, 0.25) is 0 Å². The molecule has 7 heteroatoms. The van der Waals surface area contributed by atoms with E-state index in [1.54, 1.807) is 11.8 Å². The number of rotatable bonds is 10. The second kappa shape index (κ2) is 11.9. The monoisotopic (exact) mass is 396 g/mol. The van der Waals surface area contributed by atoms with Gasteiger partial charge in [-0.2, -0.15) is 11.8 Å². The van der Waals surface area contributed by atoms with Crippen LogP contribution in [0.1, 0.15) is 32.8 Å². The van der Waals surface area contributed by atoms with Gasteiger partial charge < -0.3 is 20.1 Å². The van der Waals surface area contributed by atoms with E-state index < -0.39 is 17.7 Å². The van der Waals surface area contributed by atoms with Crippen LogP contribution in [-0.2, 0) is 20.7 Å². The maximum atomic E-state index is 12.2. The average Bonchev–Trinajstić information content (AvgIpc) is 2.60. The number of carbonyl (C=O) groups excluding carboxylic acids is 2. The standard InChI is InChI=1S/C20H32N2O4S/c1-20(2,3)26-19(24)22-16(13-15-9-7-6-8-10-15)14-21-17(11-12-27-5)18(23)25-4/h6-10,16-17,21H,11-14H2,1-5H3,(H,22,24)/t16-,17-/m0/s1. The molecule has 2 atom stereocenters. The summed E-state index contributed by atoms with van der Waals surface area (Å²) < 4.78 is 10.3. The Morgan fingerprint density at radius 3 is 2.41 bits per heavy atom.